The smallest absolute Gasteiger partial charge is 0.263 e. The van der Waals surface area contributed by atoms with Crippen molar-refractivity contribution in [1.82, 2.24) is 9.78 Å². The van der Waals surface area contributed by atoms with Crippen molar-refractivity contribution in [3.8, 4) is 0 Å². The van der Waals surface area contributed by atoms with E-state index >= 15 is 0 Å². The Morgan fingerprint density at radius 1 is 1.00 bits per heavy atom. The van der Waals surface area contributed by atoms with Crippen LogP contribution in [0, 0.1) is 0 Å². The molecule has 20 heavy (non-hydrogen) atoms. The van der Waals surface area contributed by atoms with Gasteiger partial charge in [-0.25, -0.2) is 8.42 Å². The van der Waals surface area contributed by atoms with E-state index in [9.17, 15) is 8.42 Å². The fourth-order valence-corrected chi connectivity index (χ4v) is 3.11. The number of nitrogens with one attached hydrogen (secondary N) is 1. The first-order chi connectivity index (χ1) is 9.58. The molecular weight excluding hydrogens is 274 g/mol. The highest BCUT2D eigenvalue weighted by molar-refractivity contribution is 7.92. The van der Waals surface area contributed by atoms with Crippen LogP contribution in [0.5, 0.6) is 0 Å². The Labute approximate surface area is 116 Å². The summed E-state index contributed by atoms with van der Waals surface area (Å²) in [4.78, 5) is 0.217. The van der Waals surface area contributed by atoms with E-state index in [-0.39, 0.29) is 4.90 Å². The monoisotopic (exact) mass is 287 g/mol. The van der Waals surface area contributed by atoms with Crippen LogP contribution in [-0.4, -0.2) is 18.2 Å². The van der Waals surface area contributed by atoms with Crippen LogP contribution < -0.4 is 4.72 Å². The zero-order valence-electron chi connectivity index (χ0n) is 10.8. The fourth-order valence-electron chi connectivity index (χ4n) is 2.08. The Hall–Kier alpha value is -2.34. The Kier molecular flexibility index (Phi) is 2.94. The standard InChI is InChI=1S/C14H13N3O2S/c1-17-13-10-6-5-9-12(13)14(15-17)16-20(18,19)11-7-3-2-4-8-11/h2-10H,1H3,(H,15,16). The predicted octanol–water partition coefficient (Wildman–Crippen LogP) is 2.37. The number of aryl methyl sites for hydroxylation is 1. The molecule has 0 bridgehead atoms. The molecule has 0 aliphatic carbocycles. The van der Waals surface area contributed by atoms with E-state index in [2.05, 4.69) is 9.82 Å². The van der Waals surface area contributed by atoms with Gasteiger partial charge in [0, 0.05) is 12.4 Å². The third kappa shape index (κ3) is 2.14. The van der Waals surface area contributed by atoms with Crippen molar-refractivity contribution < 1.29 is 8.42 Å². The molecule has 102 valence electrons. The fraction of sp³-hybridized carbons (Fsp3) is 0.0714. The molecule has 0 spiro atoms. The molecule has 0 fully saturated rings. The number of para-hydroxylation sites is 1. The number of rotatable bonds is 3. The molecule has 0 radical (unpaired) electrons. The van der Waals surface area contributed by atoms with Crippen LogP contribution in [0.15, 0.2) is 59.5 Å². The number of hydrogen-bond donors (Lipinski definition) is 1. The number of hydrogen-bond acceptors (Lipinski definition) is 3. The molecule has 6 heteroatoms. The lowest BCUT2D eigenvalue weighted by molar-refractivity contribution is 0.601. The van der Waals surface area contributed by atoms with Crippen LogP contribution in [0.3, 0.4) is 0 Å². The highest BCUT2D eigenvalue weighted by Gasteiger charge is 2.17. The van der Waals surface area contributed by atoms with Gasteiger partial charge in [0.15, 0.2) is 5.82 Å². The lowest BCUT2D eigenvalue weighted by Crippen LogP contribution is -2.13. The van der Waals surface area contributed by atoms with Gasteiger partial charge in [0.2, 0.25) is 0 Å². The van der Waals surface area contributed by atoms with Crippen LogP contribution in [0.25, 0.3) is 10.9 Å². The predicted molar refractivity (Wildman–Crippen MR) is 78.0 cm³/mol. The Morgan fingerprint density at radius 2 is 1.65 bits per heavy atom. The summed E-state index contributed by atoms with van der Waals surface area (Å²) in [5.41, 5.74) is 0.873. The van der Waals surface area contributed by atoms with Gasteiger partial charge in [-0.1, -0.05) is 30.3 Å². The van der Waals surface area contributed by atoms with E-state index in [4.69, 9.17) is 0 Å². The average molecular weight is 287 g/mol. The van der Waals surface area contributed by atoms with Gasteiger partial charge in [0.25, 0.3) is 10.0 Å². The van der Waals surface area contributed by atoms with Gasteiger partial charge in [-0.05, 0) is 24.3 Å². The van der Waals surface area contributed by atoms with Crippen molar-refractivity contribution >= 4 is 26.7 Å². The molecular formula is C14H13N3O2S. The second kappa shape index (κ2) is 4.64. The number of nitrogens with zero attached hydrogens (tertiary/aromatic N) is 2. The summed E-state index contributed by atoms with van der Waals surface area (Å²) in [7, 11) is -1.84. The van der Waals surface area contributed by atoms with Gasteiger partial charge < -0.3 is 0 Å². The number of aromatic nitrogens is 2. The molecule has 0 saturated carbocycles. The number of fused-ring (bicyclic) bond motifs is 1. The first-order valence-corrected chi connectivity index (χ1v) is 7.56. The normalized spacial score (nSPS) is 11.7. The summed E-state index contributed by atoms with van der Waals surface area (Å²) >= 11 is 0. The second-order valence-electron chi connectivity index (χ2n) is 4.41. The van der Waals surface area contributed by atoms with Crippen LogP contribution in [0.4, 0.5) is 5.82 Å². The topological polar surface area (TPSA) is 64.0 Å². The molecule has 0 unspecified atom stereocenters. The van der Waals surface area contributed by atoms with Crippen molar-refractivity contribution in [2.75, 3.05) is 4.72 Å². The highest BCUT2D eigenvalue weighted by Crippen LogP contribution is 2.24. The molecule has 1 aromatic heterocycles. The van der Waals surface area contributed by atoms with Crippen LogP contribution in [-0.2, 0) is 17.1 Å². The third-order valence-electron chi connectivity index (χ3n) is 3.04. The minimum Gasteiger partial charge on any atom is -0.266 e. The Balaban J connectivity index is 2.06. The molecule has 1 N–H and O–H groups in total. The summed E-state index contributed by atoms with van der Waals surface area (Å²) < 4.78 is 28.8. The number of sulfonamides is 1. The second-order valence-corrected chi connectivity index (χ2v) is 6.09. The van der Waals surface area contributed by atoms with E-state index in [0.29, 0.717) is 5.82 Å². The summed E-state index contributed by atoms with van der Waals surface area (Å²) in [6, 6.07) is 15.7. The summed E-state index contributed by atoms with van der Waals surface area (Å²) in [5.74, 6) is 0.340. The van der Waals surface area contributed by atoms with Crippen molar-refractivity contribution in [3.05, 3.63) is 54.6 Å². The van der Waals surface area contributed by atoms with E-state index in [1.165, 1.54) is 0 Å². The van der Waals surface area contributed by atoms with E-state index in [1.54, 1.807) is 42.1 Å². The maximum Gasteiger partial charge on any atom is 0.263 e. The van der Waals surface area contributed by atoms with Crippen molar-refractivity contribution in [3.63, 3.8) is 0 Å². The van der Waals surface area contributed by atoms with Gasteiger partial charge in [0.1, 0.15) is 0 Å². The van der Waals surface area contributed by atoms with Gasteiger partial charge in [-0.3, -0.25) is 9.40 Å². The van der Waals surface area contributed by atoms with E-state index in [0.717, 1.165) is 10.9 Å². The van der Waals surface area contributed by atoms with Crippen molar-refractivity contribution in [2.24, 2.45) is 7.05 Å². The van der Waals surface area contributed by atoms with Crippen LogP contribution in [0.1, 0.15) is 0 Å². The first-order valence-electron chi connectivity index (χ1n) is 6.07. The summed E-state index contributed by atoms with van der Waals surface area (Å²) in [6.45, 7) is 0. The Morgan fingerprint density at radius 3 is 2.40 bits per heavy atom. The molecule has 3 aromatic rings. The maximum absolute atomic E-state index is 12.3. The van der Waals surface area contributed by atoms with Crippen molar-refractivity contribution in [2.45, 2.75) is 4.90 Å². The van der Waals surface area contributed by atoms with Crippen LogP contribution in [0.2, 0.25) is 0 Å². The lowest BCUT2D eigenvalue weighted by Gasteiger charge is -2.05. The maximum atomic E-state index is 12.3. The molecule has 5 nitrogen and oxygen atoms in total. The zero-order valence-corrected chi connectivity index (χ0v) is 11.6. The van der Waals surface area contributed by atoms with E-state index < -0.39 is 10.0 Å². The molecule has 0 atom stereocenters. The van der Waals surface area contributed by atoms with Crippen molar-refractivity contribution in [1.29, 1.82) is 0 Å². The van der Waals surface area contributed by atoms with Gasteiger partial charge >= 0.3 is 0 Å². The number of anilines is 1. The summed E-state index contributed by atoms with van der Waals surface area (Å²) in [6.07, 6.45) is 0. The highest BCUT2D eigenvalue weighted by atomic mass is 32.2. The zero-order chi connectivity index (χ0) is 14.2. The lowest BCUT2D eigenvalue weighted by atomic mass is 10.2. The van der Waals surface area contributed by atoms with Gasteiger partial charge in [0.05, 0.1) is 10.4 Å². The minimum absolute atomic E-state index is 0.217. The molecule has 0 amide bonds. The van der Waals surface area contributed by atoms with Gasteiger partial charge in [-0.2, -0.15) is 5.10 Å². The molecule has 0 saturated heterocycles. The molecule has 1 heterocycles. The quantitative estimate of drug-likeness (QED) is 0.804. The third-order valence-corrected chi connectivity index (χ3v) is 4.40. The minimum atomic E-state index is -3.62. The molecule has 3 rings (SSSR count). The van der Waals surface area contributed by atoms with Gasteiger partial charge in [-0.15, -0.1) is 0 Å². The SMILES string of the molecule is Cn1nc(NS(=O)(=O)c2ccccc2)c2ccccc21. The Bertz CT molecular complexity index is 855. The van der Waals surface area contributed by atoms with E-state index in [1.807, 2.05) is 24.3 Å². The molecule has 2 aromatic carbocycles. The van der Waals surface area contributed by atoms with Crippen LogP contribution >= 0.6 is 0 Å². The summed E-state index contributed by atoms with van der Waals surface area (Å²) in [5, 5.41) is 5.00. The number of benzene rings is 2. The molecule has 0 aliphatic heterocycles. The largest absolute Gasteiger partial charge is 0.266 e. The molecule has 0 aliphatic rings. The first kappa shape index (κ1) is 12.7. The average Bonchev–Trinajstić information content (AvgIpc) is 2.76.